The van der Waals surface area contributed by atoms with Gasteiger partial charge in [0.15, 0.2) is 0 Å². The van der Waals surface area contributed by atoms with E-state index in [1.165, 1.54) is 36.4 Å². The smallest absolute Gasteiger partial charge is 0.343 e. The van der Waals surface area contributed by atoms with Gasteiger partial charge in [0.2, 0.25) is 0 Å². The predicted molar refractivity (Wildman–Crippen MR) is 69.7 cm³/mol. The van der Waals surface area contributed by atoms with Gasteiger partial charge in [0.05, 0.1) is 17.6 Å². The summed E-state index contributed by atoms with van der Waals surface area (Å²) in [5, 5.41) is 25.6. The van der Waals surface area contributed by atoms with Crippen molar-refractivity contribution in [1.82, 2.24) is 5.39 Å². The summed E-state index contributed by atoms with van der Waals surface area (Å²) < 4.78 is 5.12. The lowest BCUT2D eigenvalue weighted by molar-refractivity contribution is -0.497. The van der Waals surface area contributed by atoms with Crippen molar-refractivity contribution in [3.8, 4) is 11.5 Å². The molecule has 7 heteroatoms. The molecule has 0 amide bonds. The highest BCUT2D eigenvalue weighted by molar-refractivity contribution is 5.91. The zero-order chi connectivity index (χ0) is 15.2. The molecule has 110 valence electrons. The minimum atomic E-state index is -0.542. The van der Waals surface area contributed by atoms with E-state index < -0.39 is 5.97 Å². The van der Waals surface area contributed by atoms with E-state index in [1.54, 1.807) is 12.1 Å². The molecule has 0 atom stereocenters. The zero-order valence-corrected chi connectivity index (χ0v) is 10.8. The second kappa shape index (κ2) is 6.82. The van der Waals surface area contributed by atoms with Gasteiger partial charge in [-0.3, -0.25) is 10.4 Å². The van der Waals surface area contributed by atoms with Crippen LogP contribution in [0.15, 0.2) is 48.5 Å². The highest BCUT2D eigenvalue weighted by atomic mass is 17.1. The van der Waals surface area contributed by atoms with E-state index in [1.807, 2.05) is 0 Å². The molecular formula is C14H13NO6. The zero-order valence-electron chi connectivity index (χ0n) is 10.8. The van der Waals surface area contributed by atoms with Crippen LogP contribution in [0, 0.1) is 0 Å². The second-order valence-corrected chi connectivity index (χ2v) is 4.11. The van der Waals surface area contributed by atoms with E-state index in [9.17, 15) is 4.79 Å². The van der Waals surface area contributed by atoms with Gasteiger partial charge in [-0.15, -0.1) is 0 Å². The number of esters is 1. The molecule has 0 aliphatic heterocycles. The summed E-state index contributed by atoms with van der Waals surface area (Å²) in [5.74, 6) is -0.138. The molecule has 0 heterocycles. The van der Waals surface area contributed by atoms with Gasteiger partial charge in [-0.1, -0.05) is 12.1 Å². The van der Waals surface area contributed by atoms with Crippen LogP contribution in [0.3, 0.4) is 0 Å². The number of ether oxygens (including phenoxy) is 1. The van der Waals surface area contributed by atoms with Gasteiger partial charge >= 0.3 is 5.97 Å². The molecule has 0 aliphatic carbocycles. The number of nitrogens with zero attached hydrogens (tertiary/aromatic N) is 1. The van der Waals surface area contributed by atoms with Gasteiger partial charge in [0, 0.05) is 0 Å². The Morgan fingerprint density at radius 2 is 1.62 bits per heavy atom. The minimum Gasteiger partial charge on any atom is -0.508 e. The lowest BCUT2D eigenvalue weighted by atomic mass is 10.1. The summed E-state index contributed by atoms with van der Waals surface area (Å²) in [6, 6.07) is 12.0. The van der Waals surface area contributed by atoms with Crippen LogP contribution in [0.2, 0.25) is 0 Å². The second-order valence-electron chi connectivity index (χ2n) is 4.11. The Labute approximate surface area is 120 Å². The molecule has 0 bridgehead atoms. The Balaban J connectivity index is 1.97. The van der Waals surface area contributed by atoms with Gasteiger partial charge in [-0.25, -0.2) is 9.63 Å². The number of carbonyl (C=O) groups is 1. The standard InChI is InChI=1S/C14H13NO6/c16-12-5-7-13(8-6-12)21-14(17)11-3-1-10(2-4-11)9-20-15(18)19/h1-8,16,18-19H,9H2. The van der Waals surface area contributed by atoms with Crippen LogP contribution in [0.25, 0.3) is 0 Å². The maximum Gasteiger partial charge on any atom is 0.343 e. The molecule has 2 aromatic carbocycles. The molecule has 0 saturated heterocycles. The third-order valence-corrected chi connectivity index (χ3v) is 2.58. The first-order valence-electron chi connectivity index (χ1n) is 5.95. The fraction of sp³-hybridized carbons (Fsp3) is 0.0714. The summed E-state index contributed by atoms with van der Waals surface area (Å²) in [6.45, 7) is -0.0553. The first-order valence-corrected chi connectivity index (χ1v) is 5.95. The summed E-state index contributed by atoms with van der Waals surface area (Å²) in [7, 11) is 0. The number of phenolic OH excluding ortho intramolecular Hbond substituents is 1. The van der Waals surface area contributed by atoms with Crippen LogP contribution >= 0.6 is 0 Å². The van der Waals surface area contributed by atoms with E-state index in [2.05, 4.69) is 4.84 Å². The van der Waals surface area contributed by atoms with Crippen LogP contribution < -0.4 is 4.74 Å². The average Bonchev–Trinajstić information content (AvgIpc) is 2.48. The molecule has 21 heavy (non-hydrogen) atoms. The molecule has 3 N–H and O–H groups in total. The quantitative estimate of drug-likeness (QED) is 0.441. The molecule has 0 aliphatic rings. The van der Waals surface area contributed by atoms with Crippen molar-refractivity contribution in [1.29, 1.82) is 0 Å². The number of phenols is 1. The van der Waals surface area contributed by atoms with Crippen molar-refractivity contribution < 1.29 is 29.9 Å². The van der Waals surface area contributed by atoms with Crippen LogP contribution in [0.1, 0.15) is 15.9 Å². The molecule has 0 radical (unpaired) electrons. The molecule has 7 nitrogen and oxygen atoms in total. The summed E-state index contributed by atoms with van der Waals surface area (Å²) in [5.41, 5.74) is 0.973. The molecule has 0 fully saturated rings. The number of rotatable bonds is 5. The summed E-state index contributed by atoms with van der Waals surface area (Å²) in [6.07, 6.45) is 0. The molecule has 0 unspecified atom stereocenters. The van der Waals surface area contributed by atoms with Crippen molar-refractivity contribution in [2.24, 2.45) is 0 Å². The van der Waals surface area contributed by atoms with Gasteiger partial charge in [0.1, 0.15) is 11.5 Å². The maximum atomic E-state index is 11.9. The van der Waals surface area contributed by atoms with E-state index in [-0.39, 0.29) is 17.7 Å². The number of hydrogen-bond donors (Lipinski definition) is 3. The van der Waals surface area contributed by atoms with Crippen molar-refractivity contribution in [3.05, 3.63) is 59.7 Å². The largest absolute Gasteiger partial charge is 0.508 e. The van der Waals surface area contributed by atoms with Gasteiger partial charge < -0.3 is 9.84 Å². The van der Waals surface area contributed by atoms with Crippen molar-refractivity contribution in [2.75, 3.05) is 0 Å². The van der Waals surface area contributed by atoms with Gasteiger partial charge in [-0.05, 0) is 42.0 Å². The monoisotopic (exact) mass is 291 g/mol. The number of carbonyl (C=O) groups excluding carboxylic acids is 1. The summed E-state index contributed by atoms with van der Waals surface area (Å²) >= 11 is 0. The molecule has 2 aromatic rings. The van der Waals surface area contributed by atoms with Crippen LogP contribution in [-0.2, 0) is 11.4 Å². The highest BCUT2D eigenvalue weighted by Crippen LogP contribution is 2.17. The Hall–Kier alpha value is -2.45. The SMILES string of the molecule is O=C(Oc1ccc(O)cc1)c1ccc(CON(O)O)cc1. The first kappa shape index (κ1) is 14.9. The number of hydrogen-bond acceptors (Lipinski definition) is 7. The van der Waals surface area contributed by atoms with E-state index in [4.69, 9.17) is 20.3 Å². The lowest BCUT2D eigenvalue weighted by Crippen LogP contribution is -2.14. The third kappa shape index (κ3) is 4.55. The molecule has 0 saturated carbocycles. The van der Waals surface area contributed by atoms with Crippen LogP contribution in [-0.4, -0.2) is 26.9 Å². The van der Waals surface area contributed by atoms with Crippen molar-refractivity contribution in [3.63, 3.8) is 0 Å². The Bertz CT molecular complexity index is 594. The first-order chi connectivity index (χ1) is 10.0. The van der Waals surface area contributed by atoms with Gasteiger partial charge in [0.25, 0.3) is 0 Å². The van der Waals surface area contributed by atoms with Crippen molar-refractivity contribution >= 4 is 5.97 Å². The normalized spacial score (nSPS) is 10.6. The topological polar surface area (TPSA) is 99.5 Å². The van der Waals surface area contributed by atoms with Gasteiger partial charge in [-0.2, -0.15) is 0 Å². The summed E-state index contributed by atoms with van der Waals surface area (Å²) in [4.78, 5) is 16.3. The molecule has 0 aromatic heterocycles. The predicted octanol–water partition coefficient (Wildman–Crippen LogP) is 2.12. The minimum absolute atomic E-state index is 0.0553. The Morgan fingerprint density at radius 3 is 2.19 bits per heavy atom. The lowest BCUT2D eigenvalue weighted by Gasteiger charge is -2.07. The van der Waals surface area contributed by atoms with Crippen molar-refractivity contribution in [2.45, 2.75) is 6.61 Å². The average molecular weight is 291 g/mol. The Morgan fingerprint density at radius 1 is 1.00 bits per heavy atom. The van der Waals surface area contributed by atoms with Crippen LogP contribution in [0.5, 0.6) is 11.5 Å². The fourth-order valence-electron chi connectivity index (χ4n) is 1.55. The van der Waals surface area contributed by atoms with E-state index in [0.29, 0.717) is 16.9 Å². The maximum absolute atomic E-state index is 11.9. The molecule has 2 rings (SSSR count). The number of aromatic hydroxyl groups is 1. The van der Waals surface area contributed by atoms with Crippen LogP contribution in [0.4, 0.5) is 0 Å². The van der Waals surface area contributed by atoms with E-state index >= 15 is 0 Å². The number of benzene rings is 2. The highest BCUT2D eigenvalue weighted by Gasteiger charge is 2.09. The molecule has 0 spiro atoms. The van der Waals surface area contributed by atoms with E-state index in [0.717, 1.165) is 0 Å². The Kier molecular flexibility index (Phi) is 4.85. The third-order valence-electron chi connectivity index (χ3n) is 2.58. The fourth-order valence-corrected chi connectivity index (χ4v) is 1.55. The molecular weight excluding hydrogens is 278 g/mol.